The van der Waals surface area contributed by atoms with E-state index in [1.54, 1.807) is 42.7 Å². The van der Waals surface area contributed by atoms with Crippen molar-refractivity contribution < 1.29 is 8.81 Å². The maximum absolute atomic E-state index is 13.1. The average Bonchev–Trinajstić information content (AvgIpc) is 3.12. The number of furan rings is 1. The lowest BCUT2D eigenvalue weighted by molar-refractivity contribution is 0.557. The Morgan fingerprint density at radius 2 is 2.29 bits per heavy atom. The Labute approximate surface area is 119 Å². The first-order chi connectivity index (χ1) is 10.3. The first-order valence-electron chi connectivity index (χ1n) is 6.24. The van der Waals surface area contributed by atoms with Crippen molar-refractivity contribution in [1.82, 2.24) is 9.97 Å². The van der Waals surface area contributed by atoms with Gasteiger partial charge in [0.25, 0.3) is 0 Å². The Hall–Kier alpha value is -3.13. The lowest BCUT2D eigenvalue weighted by Crippen LogP contribution is -1.83. The summed E-state index contributed by atoms with van der Waals surface area (Å²) in [6.45, 7) is 0. The van der Waals surface area contributed by atoms with Crippen molar-refractivity contribution in [2.75, 3.05) is 0 Å². The monoisotopic (exact) mass is 279 g/mol. The van der Waals surface area contributed by atoms with Crippen LogP contribution in [0.2, 0.25) is 0 Å². The van der Waals surface area contributed by atoms with Crippen LogP contribution in [0, 0.1) is 17.1 Å². The highest BCUT2D eigenvalue weighted by Crippen LogP contribution is 2.18. The number of aromatic amines is 1. The smallest absolute Gasteiger partial charge is 0.149 e. The van der Waals surface area contributed by atoms with Gasteiger partial charge in [0.05, 0.1) is 22.9 Å². The predicted octanol–water partition coefficient (Wildman–Crippen LogP) is 3.92. The number of hydrogen-bond acceptors (Lipinski definition) is 3. The number of benzene rings is 1. The molecule has 1 N–H and O–H groups in total. The third kappa shape index (κ3) is 2.74. The molecule has 0 amide bonds. The second kappa shape index (κ2) is 5.47. The molecular weight excluding hydrogens is 269 g/mol. The van der Waals surface area contributed by atoms with Crippen LogP contribution in [0.1, 0.15) is 11.6 Å². The van der Waals surface area contributed by atoms with E-state index in [1.165, 1.54) is 12.1 Å². The van der Waals surface area contributed by atoms with Crippen molar-refractivity contribution >= 4 is 22.7 Å². The molecule has 2 heterocycles. The number of rotatable bonds is 3. The van der Waals surface area contributed by atoms with Gasteiger partial charge in [-0.3, -0.25) is 0 Å². The van der Waals surface area contributed by atoms with Gasteiger partial charge in [0, 0.05) is 0 Å². The minimum absolute atomic E-state index is 0.349. The van der Waals surface area contributed by atoms with Crippen LogP contribution in [0.4, 0.5) is 4.39 Å². The summed E-state index contributed by atoms with van der Waals surface area (Å²) in [7, 11) is 0. The van der Waals surface area contributed by atoms with Gasteiger partial charge >= 0.3 is 0 Å². The molecule has 0 fully saturated rings. The molecule has 0 atom stereocenters. The Balaban J connectivity index is 1.92. The number of nitriles is 1. The summed E-state index contributed by atoms with van der Waals surface area (Å²) in [4.78, 5) is 7.20. The average molecular weight is 279 g/mol. The molecule has 0 radical (unpaired) electrons. The summed E-state index contributed by atoms with van der Waals surface area (Å²) >= 11 is 0. The molecule has 102 valence electrons. The quantitative estimate of drug-likeness (QED) is 0.583. The Morgan fingerprint density at radius 3 is 3.05 bits per heavy atom. The fourth-order valence-corrected chi connectivity index (χ4v) is 1.90. The van der Waals surface area contributed by atoms with Gasteiger partial charge in [0.15, 0.2) is 0 Å². The zero-order valence-corrected chi connectivity index (χ0v) is 10.9. The van der Waals surface area contributed by atoms with Gasteiger partial charge in [-0.1, -0.05) is 6.08 Å². The fraction of sp³-hybridized carbons (Fsp3) is 0. The maximum Gasteiger partial charge on any atom is 0.149 e. The molecule has 0 spiro atoms. The van der Waals surface area contributed by atoms with E-state index in [4.69, 9.17) is 4.42 Å². The second-order valence-electron chi connectivity index (χ2n) is 4.31. The Morgan fingerprint density at radius 1 is 1.38 bits per heavy atom. The van der Waals surface area contributed by atoms with Gasteiger partial charge in [0.2, 0.25) is 0 Å². The molecule has 0 saturated carbocycles. The third-order valence-corrected chi connectivity index (χ3v) is 2.89. The number of imidazole rings is 1. The normalized spacial score (nSPS) is 12.1. The number of allylic oxidation sites excluding steroid dienone is 3. The summed E-state index contributed by atoms with van der Waals surface area (Å²) in [5.74, 6) is 0.746. The van der Waals surface area contributed by atoms with Crippen LogP contribution in [-0.2, 0) is 0 Å². The number of nitrogens with one attached hydrogen (secondary N) is 1. The molecule has 2 aromatic heterocycles. The van der Waals surface area contributed by atoms with E-state index in [2.05, 4.69) is 16.0 Å². The zero-order chi connectivity index (χ0) is 14.7. The summed E-state index contributed by atoms with van der Waals surface area (Å²) in [6.07, 6.45) is 6.63. The largest absolute Gasteiger partial charge is 0.465 e. The number of halogens is 1. The first-order valence-corrected chi connectivity index (χ1v) is 6.24. The highest BCUT2D eigenvalue weighted by Gasteiger charge is 2.07. The van der Waals surface area contributed by atoms with Gasteiger partial charge < -0.3 is 9.40 Å². The third-order valence-electron chi connectivity index (χ3n) is 2.89. The van der Waals surface area contributed by atoms with Crippen LogP contribution in [0.25, 0.3) is 22.7 Å². The van der Waals surface area contributed by atoms with Crippen LogP contribution >= 0.6 is 0 Å². The van der Waals surface area contributed by atoms with E-state index in [0.717, 1.165) is 0 Å². The Bertz CT molecular complexity index is 867. The number of H-pyrrole nitrogens is 1. The number of fused-ring (bicyclic) bond motifs is 1. The molecule has 0 bridgehead atoms. The van der Waals surface area contributed by atoms with Gasteiger partial charge in [-0.05, 0) is 42.5 Å². The molecule has 0 unspecified atom stereocenters. The highest BCUT2D eigenvalue weighted by atomic mass is 19.1. The summed E-state index contributed by atoms with van der Waals surface area (Å²) in [5, 5.41) is 9.21. The molecular formula is C16H10FN3O. The van der Waals surface area contributed by atoms with E-state index in [0.29, 0.717) is 28.2 Å². The number of aromatic nitrogens is 2. The van der Waals surface area contributed by atoms with E-state index in [-0.39, 0.29) is 5.82 Å². The van der Waals surface area contributed by atoms with Crippen molar-refractivity contribution in [3.05, 3.63) is 66.1 Å². The fourth-order valence-electron chi connectivity index (χ4n) is 1.90. The topological polar surface area (TPSA) is 65.6 Å². The summed E-state index contributed by atoms with van der Waals surface area (Å²) < 4.78 is 18.3. The predicted molar refractivity (Wildman–Crippen MR) is 77.4 cm³/mol. The van der Waals surface area contributed by atoms with Crippen molar-refractivity contribution in [3.8, 4) is 6.07 Å². The molecule has 0 aliphatic carbocycles. The lowest BCUT2D eigenvalue weighted by atomic mass is 10.2. The maximum atomic E-state index is 13.1. The van der Waals surface area contributed by atoms with Crippen LogP contribution in [0.5, 0.6) is 0 Å². The minimum atomic E-state index is -0.349. The van der Waals surface area contributed by atoms with Crippen LogP contribution < -0.4 is 0 Å². The minimum Gasteiger partial charge on any atom is -0.465 e. The molecule has 0 saturated heterocycles. The lowest BCUT2D eigenvalue weighted by Gasteiger charge is -1.89. The van der Waals surface area contributed by atoms with Gasteiger partial charge in [-0.2, -0.15) is 5.26 Å². The first kappa shape index (κ1) is 12.9. The molecule has 0 aliphatic heterocycles. The SMILES string of the molecule is N#C/C(=C/C=C/c1ccco1)c1nc2ccc(F)cc2[nH]1. The summed E-state index contributed by atoms with van der Waals surface area (Å²) in [5.41, 5.74) is 1.53. The molecule has 4 nitrogen and oxygen atoms in total. The highest BCUT2D eigenvalue weighted by molar-refractivity contribution is 5.82. The van der Waals surface area contributed by atoms with E-state index in [1.807, 2.05) is 0 Å². The van der Waals surface area contributed by atoms with Gasteiger partial charge in [-0.15, -0.1) is 0 Å². The second-order valence-corrected chi connectivity index (χ2v) is 4.31. The molecule has 21 heavy (non-hydrogen) atoms. The zero-order valence-electron chi connectivity index (χ0n) is 10.9. The van der Waals surface area contributed by atoms with Crippen molar-refractivity contribution in [2.24, 2.45) is 0 Å². The van der Waals surface area contributed by atoms with Crippen molar-refractivity contribution in [3.63, 3.8) is 0 Å². The van der Waals surface area contributed by atoms with Crippen molar-refractivity contribution in [2.45, 2.75) is 0 Å². The van der Waals surface area contributed by atoms with E-state index in [9.17, 15) is 9.65 Å². The number of hydrogen-bond donors (Lipinski definition) is 1. The van der Waals surface area contributed by atoms with Crippen LogP contribution in [0.3, 0.4) is 0 Å². The molecule has 3 rings (SSSR count). The number of nitrogens with zero attached hydrogens (tertiary/aromatic N) is 2. The molecule has 0 aliphatic rings. The van der Waals surface area contributed by atoms with Crippen LogP contribution in [0.15, 0.2) is 53.2 Å². The standard InChI is InChI=1S/C16H10FN3O/c17-12-6-7-14-15(9-12)20-16(19-14)11(10-18)3-1-4-13-5-2-8-21-13/h1-9H,(H,19,20)/b4-1+,11-3-. The van der Waals surface area contributed by atoms with Gasteiger partial charge in [0.1, 0.15) is 23.5 Å². The molecule has 3 aromatic rings. The summed E-state index contributed by atoms with van der Waals surface area (Å²) in [6, 6.07) is 9.90. The van der Waals surface area contributed by atoms with E-state index >= 15 is 0 Å². The van der Waals surface area contributed by atoms with Gasteiger partial charge in [-0.25, -0.2) is 9.37 Å². The van der Waals surface area contributed by atoms with Crippen molar-refractivity contribution in [1.29, 1.82) is 5.26 Å². The van der Waals surface area contributed by atoms with Crippen LogP contribution in [-0.4, -0.2) is 9.97 Å². The molecule has 5 heteroatoms. The molecule has 1 aromatic carbocycles. The Kier molecular flexibility index (Phi) is 3.36. The van der Waals surface area contributed by atoms with E-state index < -0.39 is 0 Å².